The van der Waals surface area contributed by atoms with Crippen LogP contribution in [0.2, 0.25) is 0 Å². The van der Waals surface area contributed by atoms with Gasteiger partial charge in [0.2, 0.25) is 0 Å². The van der Waals surface area contributed by atoms with Crippen LogP contribution in [0.1, 0.15) is 27.7 Å². The Morgan fingerprint density at radius 2 is 1.00 bits per heavy atom. The molecule has 5 aromatic rings. The van der Waals surface area contributed by atoms with Gasteiger partial charge in [-0.15, -0.1) is 0 Å². The van der Waals surface area contributed by atoms with E-state index in [2.05, 4.69) is 143 Å². The summed E-state index contributed by atoms with van der Waals surface area (Å²) in [6.45, 7) is 8.35. The zero-order valence-corrected chi connectivity index (χ0v) is 21.9. The van der Waals surface area contributed by atoms with Crippen molar-refractivity contribution in [2.24, 2.45) is 0 Å². The molecule has 0 radical (unpaired) electrons. The molecule has 0 unspecified atom stereocenters. The van der Waals surface area contributed by atoms with Gasteiger partial charge in [0.1, 0.15) is 0 Å². The normalized spacial score (nSPS) is 16.3. The Bertz CT molecular complexity index is 1550. The Balaban J connectivity index is 1.23. The van der Waals surface area contributed by atoms with Gasteiger partial charge in [-0.3, -0.25) is 0 Å². The third kappa shape index (κ3) is 4.39. The van der Waals surface area contributed by atoms with Gasteiger partial charge in [0.25, 0.3) is 0 Å². The highest BCUT2D eigenvalue weighted by Crippen LogP contribution is 2.37. The number of rotatable bonds is 4. The fourth-order valence-electron chi connectivity index (χ4n) is 5.02. The fourth-order valence-corrected chi connectivity index (χ4v) is 5.02. The van der Waals surface area contributed by atoms with E-state index in [0.29, 0.717) is 0 Å². The van der Waals surface area contributed by atoms with Crippen LogP contribution in [0.15, 0.2) is 115 Å². The van der Waals surface area contributed by atoms with Crippen molar-refractivity contribution >= 4 is 23.4 Å². The van der Waals surface area contributed by atoms with Crippen molar-refractivity contribution in [2.45, 2.75) is 38.9 Å². The van der Waals surface area contributed by atoms with Crippen molar-refractivity contribution in [1.82, 2.24) is 0 Å². The van der Waals surface area contributed by atoms with E-state index in [1.165, 1.54) is 38.6 Å². The Labute approximate surface area is 220 Å². The van der Waals surface area contributed by atoms with Crippen molar-refractivity contribution < 1.29 is 9.31 Å². The van der Waals surface area contributed by atoms with Gasteiger partial charge < -0.3 is 9.31 Å². The van der Waals surface area contributed by atoms with E-state index in [1.807, 2.05) is 0 Å². The van der Waals surface area contributed by atoms with Gasteiger partial charge in [0, 0.05) is 0 Å². The molecule has 182 valence electrons. The van der Waals surface area contributed by atoms with Crippen molar-refractivity contribution in [1.29, 1.82) is 0 Å². The summed E-state index contributed by atoms with van der Waals surface area (Å²) in [6, 6.07) is 41.2. The molecule has 2 nitrogen and oxygen atoms in total. The summed E-state index contributed by atoms with van der Waals surface area (Å²) in [5, 5.41) is 2.55. The van der Waals surface area contributed by atoms with E-state index >= 15 is 0 Å². The number of hydrogen-bond donors (Lipinski definition) is 0. The predicted molar refractivity (Wildman–Crippen MR) is 156 cm³/mol. The highest BCUT2D eigenvalue weighted by molar-refractivity contribution is 6.62. The maximum Gasteiger partial charge on any atom is 0.494 e. The van der Waals surface area contributed by atoms with Gasteiger partial charge in [0.05, 0.1) is 11.2 Å². The molecule has 0 spiro atoms. The van der Waals surface area contributed by atoms with Crippen LogP contribution in [0.4, 0.5) is 0 Å². The van der Waals surface area contributed by atoms with Gasteiger partial charge in [0.15, 0.2) is 0 Å². The van der Waals surface area contributed by atoms with Gasteiger partial charge in [-0.25, -0.2) is 0 Å². The molecule has 1 saturated heterocycles. The minimum absolute atomic E-state index is 0.349. The molecule has 1 heterocycles. The first-order chi connectivity index (χ1) is 17.8. The number of fused-ring (bicyclic) bond motifs is 1. The van der Waals surface area contributed by atoms with E-state index in [1.54, 1.807) is 0 Å². The van der Waals surface area contributed by atoms with Gasteiger partial charge >= 0.3 is 7.12 Å². The minimum Gasteiger partial charge on any atom is -0.399 e. The summed E-state index contributed by atoms with van der Waals surface area (Å²) in [5.41, 5.74) is 7.59. The Morgan fingerprint density at radius 1 is 0.486 bits per heavy atom. The molecule has 0 amide bonds. The molecule has 0 aliphatic carbocycles. The summed E-state index contributed by atoms with van der Waals surface area (Å²) in [6.07, 6.45) is 0. The largest absolute Gasteiger partial charge is 0.494 e. The van der Waals surface area contributed by atoms with Crippen molar-refractivity contribution in [3.05, 3.63) is 115 Å². The SMILES string of the molecule is CC1(C)OB(c2cccc(-c3ccc(-c4ccc(-c5cccc6ccccc56)cc4)cc3)c2)OC1(C)C. The number of hydrogen-bond acceptors (Lipinski definition) is 2. The second-order valence-corrected chi connectivity index (χ2v) is 10.9. The van der Waals surface area contributed by atoms with Crippen molar-refractivity contribution in [3.8, 4) is 33.4 Å². The van der Waals surface area contributed by atoms with Crippen LogP contribution in [0.25, 0.3) is 44.2 Å². The molecule has 0 aromatic heterocycles. The average molecular weight is 482 g/mol. The summed E-state index contributed by atoms with van der Waals surface area (Å²) in [4.78, 5) is 0. The minimum atomic E-state index is -0.357. The third-order valence-corrected chi connectivity index (χ3v) is 7.95. The molecule has 1 aliphatic rings. The van der Waals surface area contributed by atoms with Crippen molar-refractivity contribution in [2.75, 3.05) is 0 Å². The van der Waals surface area contributed by atoms with Crippen LogP contribution in [-0.4, -0.2) is 18.3 Å². The molecule has 5 aromatic carbocycles. The second-order valence-electron chi connectivity index (χ2n) is 10.9. The van der Waals surface area contributed by atoms with Crippen LogP contribution in [0, 0.1) is 0 Å². The van der Waals surface area contributed by atoms with Gasteiger partial charge in [-0.1, -0.05) is 115 Å². The van der Waals surface area contributed by atoms with E-state index in [-0.39, 0.29) is 18.3 Å². The van der Waals surface area contributed by atoms with Crippen LogP contribution in [0.5, 0.6) is 0 Å². The zero-order valence-electron chi connectivity index (χ0n) is 21.9. The van der Waals surface area contributed by atoms with Crippen LogP contribution in [-0.2, 0) is 9.31 Å². The lowest BCUT2D eigenvalue weighted by Gasteiger charge is -2.32. The second kappa shape index (κ2) is 9.02. The molecule has 6 rings (SSSR count). The first kappa shape index (κ1) is 23.7. The summed E-state index contributed by atoms with van der Waals surface area (Å²) in [7, 11) is -0.357. The quantitative estimate of drug-likeness (QED) is 0.241. The lowest BCUT2D eigenvalue weighted by atomic mass is 9.78. The molecule has 1 fully saturated rings. The Hall–Kier alpha value is -3.66. The smallest absolute Gasteiger partial charge is 0.399 e. The number of benzene rings is 5. The highest BCUT2D eigenvalue weighted by atomic mass is 16.7. The molecular formula is C34H31BO2. The lowest BCUT2D eigenvalue weighted by Crippen LogP contribution is -2.41. The van der Waals surface area contributed by atoms with E-state index in [9.17, 15) is 0 Å². The monoisotopic (exact) mass is 482 g/mol. The van der Waals surface area contributed by atoms with Crippen molar-refractivity contribution in [3.63, 3.8) is 0 Å². The molecule has 0 N–H and O–H groups in total. The maximum absolute atomic E-state index is 6.26. The van der Waals surface area contributed by atoms with Gasteiger partial charge in [-0.2, -0.15) is 0 Å². The first-order valence-corrected chi connectivity index (χ1v) is 13.0. The first-order valence-electron chi connectivity index (χ1n) is 13.0. The van der Waals surface area contributed by atoms with E-state index < -0.39 is 0 Å². The summed E-state index contributed by atoms with van der Waals surface area (Å²) in [5.74, 6) is 0. The molecule has 0 bridgehead atoms. The Kier molecular flexibility index (Phi) is 5.79. The molecule has 3 heteroatoms. The highest BCUT2D eigenvalue weighted by Gasteiger charge is 2.51. The standard InChI is InChI=1S/C34H31BO2/c1-33(2)34(3,4)37-35(36-33)30-12-7-11-29(23-30)26-17-15-24(16-18-26)25-19-21-28(22-20-25)32-14-8-10-27-9-5-6-13-31(27)32/h5-23H,1-4H3. The van der Waals surface area contributed by atoms with Crippen LogP contribution < -0.4 is 5.46 Å². The average Bonchev–Trinajstić information content (AvgIpc) is 3.15. The summed E-state index contributed by atoms with van der Waals surface area (Å²) >= 11 is 0. The molecule has 0 atom stereocenters. The summed E-state index contributed by atoms with van der Waals surface area (Å²) < 4.78 is 12.5. The predicted octanol–water partition coefficient (Wildman–Crippen LogP) is 8.14. The zero-order chi connectivity index (χ0) is 25.6. The molecular weight excluding hydrogens is 451 g/mol. The topological polar surface area (TPSA) is 18.5 Å². The van der Waals surface area contributed by atoms with Gasteiger partial charge in [-0.05, 0) is 77.3 Å². The fraction of sp³-hybridized carbons (Fsp3) is 0.176. The van der Waals surface area contributed by atoms with E-state index in [0.717, 1.165) is 11.0 Å². The Morgan fingerprint density at radius 3 is 1.65 bits per heavy atom. The van der Waals surface area contributed by atoms with Crippen LogP contribution >= 0.6 is 0 Å². The maximum atomic E-state index is 6.26. The molecule has 0 saturated carbocycles. The molecule has 1 aliphatic heterocycles. The van der Waals surface area contributed by atoms with E-state index in [4.69, 9.17) is 9.31 Å². The lowest BCUT2D eigenvalue weighted by molar-refractivity contribution is 0.00578. The van der Waals surface area contributed by atoms with Crippen LogP contribution in [0.3, 0.4) is 0 Å². The third-order valence-electron chi connectivity index (χ3n) is 7.95. The molecule has 37 heavy (non-hydrogen) atoms.